The summed E-state index contributed by atoms with van der Waals surface area (Å²) < 4.78 is 4.78. The minimum absolute atomic E-state index is 0.172. The summed E-state index contributed by atoms with van der Waals surface area (Å²) in [6.07, 6.45) is 0.632. The molecular formula is C7H10BO4. The summed E-state index contributed by atoms with van der Waals surface area (Å²) in [5.41, 5.74) is -0.602. The largest absolute Gasteiger partial charge is 0.473 e. The fraction of sp³-hybridized carbons (Fsp3) is 0.714. The van der Waals surface area contributed by atoms with E-state index in [4.69, 9.17) is 9.84 Å². The lowest BCUT2D eigenvalue weighted by atomic mass is 9.95. The van der Waals surface area contributed by atoms with Crippen LogP contribution in [-0.2, 0) is 14.3 Å². The van der Waals surface area contributed by atoms with E-state index in [2.05, 4.69) is 0 Å². The zero-order valence-corrected chi connectivity index (χ0v) is 7.03. The van der Waals surface area contributed by atoms with Gasteiger partial charge in [-0.3, -0.25) is 0 Å². The molecule has 1 radical (unpaired) electrons. The molecule has 1 saturated heterocycles. The van der Waals surface area contributed by atoms with Crippen molar-refractivity contribution >= 4 is 19.2 Å². The lowest BCUT2D eigenvalue weighted by Gasteiger charge is -2.14. The zero-order valence-electron chi connectivity index (χ0n) is 7.03. The Balaban J connectivity index is 2.51. The van der Waals surface area contributed by atoms with Crippen LogP contribution in [0.2, 0.25) is 5.82 Å². The molecule has 2 atom stereocenters. The maximum atomic E-state index is 10.7. The van der Waals surface area contributed by atoms with Crippen LogP contribution in [-0.4, -0.2) is 29.8 Å². The number of carboxylic acid groups (broad SMARTS) is 1. The van der Waals surface area contributed by atoms with Crippen molar-refractivity contribution in [3.8, 4) is 0 Å². The number of hydrogen-bond donors (Lipinski definition) is 1. The summed E-state index contributed by atoms with van der Waals surface area (Å²) in [5, 5.41) is 8.27. The van der Waals surface area contributed by atoms with E-state index in [9.17, 15) is 9.59 Å². The Bertz CT molecular complexity index is 223. The van der Waals surface area contributed by atoms with Gasteiger partial charge in [0.05, 0.1) is 5.50 Å². The molecule has 1 fully saturated rings. The summed E-state index contributed by atoms with van der Waals surface area (Å²) in [7, 11) is 1.83. The van der Waals surface area contributed by atoms with Gasteiger partial charge in [-0.1, -0.05) is 13.8 Å². The molecule has 0 spiro atoms. The van der Waals surface area contributed by atoms with Gasteiger partial charge in [-0.05, 0) is 12.2 Å². The normalized spacial score (nSPS) is 32.0. The number of ether oxygens (including phenoxy) is 1. The van der Waals surface area contributed by atoms with Gasteiger partial charge in [0.1, 0.15) is 0 Å². The fourth-order valence-corrected chi connectivity index (χ4v) is 1.23. The van der Waals surface area contributed by atoms with Gasteiger partial charge in [-0.25, -0.2) is 9.59 Å². The third-order valence-electron chi connectivity index (χ3n) is 2.20. The monoisotopic (exact) mass is 169 g/mol. The molecule has 0 aromatic heterocycles. The molecule has 5 heteroatoms. The molecule has 1 aliphatic heterocycles. The van der Waals surface area contributed by atoms with E-state index in [0.717, 1.165) is 0 Å². The first kappa shape index (κ1) is 9.10. The number of hydrogen-bond acceptors (Lipinski definition) is 3. The number of carbonyl (C=O) groups is 2. The molecule has 0 amide bonds. The topological polar surface area (TPSA) is 63.6 Å². The fourth-order valence-electron chi connectivity index (χ4n) is 1.23. The zero-order chi connectivity index (χ0) is 9.35. The average Bonchev–Trinajstić information content (AvgIpc) is 2.62. The Morgan fingerprint density at radius 1 is 1.67 bits per heavy atom. The highest BCUT2D eigenvalue weighted by Gasteiger charge is 2.55. The van der Waals surface area contributed by atoms with Crippen molar-refractivity contribution in [1.29, 1.82) is 0 Å². The molecule has 1 rings (SSSR count). The Morgan fingerprint density at radius 3 is 2.42 bits per heavy atom. The minimum atomic E-state index is -1.53. The van der Waals surface area contributed by atoms with Crippen molar-refractivity contribution in [2.75, 3.05) is 0 Å². The standard InChI is InChI=1S/C7H10BO4/c1-3-7(4(2)8-7)12-6(11)5(9)10/h4H,3H2,1-2H3,(H,9,10). The van der Waals surface area contributed by atoms with Crippen molar-refractivity contribution in [2.24, 2.45) is 0 Å². The van der Waals surface area contributed by atoms with Gasteiger partial charge in [-0.2, -0.15) is 0 Å². The second-order valence-electron chi connectivity index (χ2n) is 2.96. The highest BCUT2D eigenvalue weighted by Crippen LogP contribution is 2.45. The van der Waals surface area contributed by atoms with E-state index in [1.54, 1.807) is 0 Å². The Hall–Kier alpha value is -0.995. The van der Waals surface area contributed by atoms with Crippen molar-refractivity contribution in [3.63, 3.8) is 0 Å². The summed E-state index contributed by atoms with van der Waals surface area (Å²) in [6, 6.07) is 0. The quantitative estimate of drug-likeness (QED) is 0.365. The predicted octanol–water partition coefficient (Wildman–Crippen LogP) is 0.247. The third kappa shape index (κ3) is 1.44. The van der Waals surface area contributed by atoms with E-state index in [1.165, 1.54) is 0 Å². The third-order valence-corrected chi connectivity index (χ3v) is 2.20. The number of carboxylic acids is 1. The molecule has 0 saturated carbocycles. The lowest BCUT2D eigenvalue weighted by molar-refractivity contribution is -0.168. The number of esters is 1. The highest BCUT2D eigenvalue weighted by atomic mass is 16.6. The van der Waals surface area contributed by atoms with Crippen LogP contribution in [0.15, 0.2) is 0 Å². The molecule has 1 N–H and O–H groups in total. The van der Waals surface area contributed by atoms with Crippen LogP contribution in [0.5, 0.6) is 0 Å². The minimum Gasteiger partial charge on any atom is -0.473 e. The van der Waals surface area contributed by atoms with Crippen LogP contribution in [0.25, 0.3) is 0 Å². The van der Waals surface area contributed by atoms with Crippen molar-refractivity contribution in [1.82, 2.24) is 0 Å². The summed E-state index contributed by atoms with van der Waals surface area (Å²) >= 11 is 0. The van der Waals surface area contributed by atoms with Crippen molar-refractivity contribution in [2.45, 2.75) is 31.6 Å². The van der Waals surface area contributed by atoms with Gasteiger partial charge in [0.25, 0.3) is 0 Å². The number of carbonyl (C=O) groups excluding carboxylic acids is 1. The molecule has 0 bridgehead atoms. The van der Waals surface area contributed by atoms with Gasteiger partial charge >= 0.3 is 11.9 Å². The first-order chi connectivity index (χ1) is 5.52. The molecule has 4 nitrogen and oxygen atoms in total. The molecule has 0 aromatic rings. The van der Waals surface area contributed by atoms with Gasteiger partial charge in [0.2, 0.25) is 0 Å². The molecule has 2 unspecified atom stereocenters. The lowest BCUT2D eigenvalue weighted by Crippen LogP contribution is -2.26. The van der Waals surface area contributed by atoms with Gasteiger partial charge in [-0.15, -0.1) is 0 Å². The smallest absolute Gasteiger partial charge is 0.417 e. The van der Waals surface area contributed by atoms with E-state index in [-0.39, 0.29) is 5.82 Å². The van der Waals surface area contributed by atoms with E-state index >= 15 is 0 Å². The average molecular weight is 169 g/mol. The van der Waals surface area contributed by atoms with Crippen molar-refractivity contribution in [3.05, 3.63) is 0 Å². The van der Waals surface area contributed by atoms with E-state index in [1.807, 2.05) is 21.1 Å². The predicted molar refractivity (Wildman–Crippen MR) is 41.9 cm³/mol. The summed E-state index contributed by atoms with van der Waals surface area (Å²) in [6.45, 7) is 3.74. The molecule has 1 heterocycles. The summed E-state index contributed by atoms with van der Waals surface area (Å²) in [5.74, 6) is -2.53. The van der Waals surface area contributed by atoms with Crippen molar-refractivity contribution < 1.29 is 19.4 Å². The first-order valence-electron chi connectivity index (χ1n) is 3.84. The molecule has 0 aliphatic carbocycles. The molecule has 0 aromatic carbocycles. The molecule has 12 heavy (non-hydrogen) atoms. The van der Waals surface area contributed by atoms with E-state index in [0.29, 0.717) is 6.42 Å². The highest BCUT2D eigenvalue weighted by molar-refractivity contribution is 6.57. The van der Waals surface area contributed by atoms with Gasteiger partial charge < -0.3 is 9.84 Å². The SMILES string of the molecule is CCC1(OC(=O)C(=O)O)[B]C1C. The van der Waals surface area contributed by atoms with Crippen LogP contribution in [0.3, 0.4) is 0 Å². The Morgan fingerprint density at radius 2 is 2.17 bits per heavy atom. The van der Waals surface area contributed by atoms with Gasteiger partial charge in [0, 0.05) is 0 Å². The second-order valence-corrected chi connectivity index (χ2v) is 2.96. The van der Waals surface area contributed by atoms with Crippen LogP contribution >= 0.6 is 0 Å². The second kappa shape index (κ2) is 2.81. The molecule has 1 aliphatic rings. The number of rotatable bonds is 2. The Labute approximate surface area is 71.1 Å². The van der Waals surface area contributed by atoms with Crippen LogP contribution in [0, 0.1) is 0 Å². The molecular weight excluding hydrogens is 159 g/mol. The summed E-state index contributed by atoms with van der Waals surface area (Å²) in [4.78, 5) is 20.8. The van der Waals surface area contributed by atoms with Crippen LogP contribution in [0.1, 0.15) is 20.3 Å². The van der Waals surface area contributed by atoms with Crippen LogP contribution < -0.4 is 0 Å². The Kier molecular flexibility index (Phi) is 2.13. The maximum absolute atomic E-state index is 10.7. The molecule has 65 valence electrons. The van der Waals surface area contributed by atoms with Gasteiger partial charge in [0.15, 0.2) is 7.28 Å². The number of aliphatic carboxylic acids is 1. The van der Waals surface area contributed by atoms with Crippen LogP contribution in [0.4, 0.5) is 0 Å². The maximum Gasteiger partial charge on any atom is 0.417 e. The first-order valence-corrected chi connectivity index (χ1v) is 3.84. The van der Waals surface area contributed by atoms with E-state index < -0.39 is 17.4 Å².